The third kappa shape index (κ3) is 15700. The Bertz CT molecular complexity index is 601. The van der Waals surface area contributed by atoms with Crippen LogP contribution in [0.3, 0.4) is 0 Å². The van der Waals surface area contributed by atoms with Crippen LogP contribution in [-0.2, 0) is 130 Å². The zero-order valence-corrected chi connectivity index (χ0v) is 38.4. The minimum atomic E-state index is -5.17. The smallest absolute Gasteiger partial charge is 0.759 e. The van der Waals surface area contributed by atoms with Crippen LogP contribution < -0.4 is 103 Å². The molecular weight excluding hydrogens is 1030 g/mol. The van der Waals surface area contributed by atoms with Crippen molar-refractivity contribution in [2.45, 2.75) is 0 Å². The minimum absolute atomic E-state index is 0. The molecule has 4 radical (unpaired) electrons. The normalized spacial score (nSPS) is 1.88. The van der Waals surface area contributed by atoms with Crippen LogP contribution >= 0.6 is 0 Å². The van der Waals surface area contributed by atoms with Gasteiger partial charge in [-0.25, -0.2) is 0 Å². The molecule has 0 bridgehead atoms. The second-order valence-electron chi connectivity index (χ2n) is 0.408. The Labute approximate surface area is 455 Å². The van der Waals surface area contributed by atoms with Crippen molar-refractivity contribution in [1.82, 2.24) is 0 Å². The molecule has 50 heavy (non-hydrogen) atoms. The molecule has 0 fully saturated rings. The molecular formula is C18Fe7K2N18O4S. The molecule has 0 unspecified atom stereocenters. The quantitative estimate of drug-likeness (QED) is 0.0944. The van der Waals surface area contributed by atoms with Gasteiger partial charge < -0.3 is 222 Å². The van der Waals surface area contributed by atoms with Gasteiger partial charge in [-0.2, -0.15) is 0 Å². The summed E-state index contributed by atoms with van der Waals surface area (Å²) in [5.41, 5.74) is 0. The third-order valence-corrected chi connectivity index (χ3v) is 0. The first-order chi connectivity index (χ1) is 20.0. The van der Waals surface area contributed by atoms with Crippen LogP contribution in [0.15, 0.2) is 0 Å². The molecule has 0 aromatic carbocycles. The van der Waals surface area contributed by atoms with Crippen molar-refractivity contribution in [1.29, 1.82) is 94.7 Å². The van der Waals surface area contributed by atoms with Gasteiger partial charge in [0.2, 0.25) is 0 Å². The van der Waals surface area contributed by atoms with E-state index in [-0.39, 0.29) is 222 Å². The predicted molar refractivity (Wildman–Crippen MR) is 99.9 cm³/mol. The molecule has 0 aromatic heterocycles. The molecule has 0 saturated heterocycles. The van der Waals surface area contributed by atoms with Crippen LogP contribution in [0.2, 0.25) is 0 Å². The van der Waals surface area contributed by atoms with E-state index < -0.39 is 10.4 Å². The van der Waals surface area contributed by atoms with Gasteiger partial charge in [-0.1, -0.05) is 0 Å². The molecule has 0 aliphatic heterocycles. The fourth-order valence-electron chi connectivity index (χ4n) is 0. The zero-order chi connectivity index (χ0) is 40.5. The average Bonchev–Trinajstić information content (AvgIpc) is 3.16. The van der Waals surface area contributed by atoms with Crippen molar-refractivity contribution in [2.24, 2.45) is 0 Å². The van der Waals surface area contributed by atoms with Gasteiger partial charge in [-0.3, -0.25) is 8.42 Å². The van der Waals surface area contributed by atoms with E-state index in [1.807, 2.05) is 0 Å². The van der Waals surface area contributed by atoms with Crippen LogP contribution in [0.5, 0.6) is 0 Å². The Morgan fingerprint density at radius 1 is 0.240 bits per heavy atom. The van der Waals surface area contributed by atoms with Gasteiger partial charge in [0.05, 0.1) is 0 Å². The largest absolute Gasteiger partial charge is 3.00 e. The zero-order valence-electron chi connectivity index (χ0n) is 23.6. The predicted octanol–water partition coefficient (Wildman–Crippen LogP) is -5.61. The Balaban J connectivity index is -0.00000000393. The number of hydrogen-bond donors (Lipinski definition) is 0. The fourth-order valence-corrected chi connectivity index (χ4v) is 0. The van der Waals surface area contributed by atoms with Crippen LogP contribution in [0.25, 0.3) is 0 Å². The van der Waals surface area contributed by atoms with E-state index in [1.54, 1.807) is 0 Å². The van der Waals surface area contributed by atoms with Crippen LogP contribution in [0.1, 0.15) is 0 Å². The van der Waals surface area contributed by atoms with E-state index in [1.165, 1.54) is 0 Å². The van der Waals surface area contributed by atoms with Gasteiger partial charge >= 0.3 is 222 Å². The summed E-state index contributed by atoms with van der Waals surface area (Å²) in [6.45, 7) is 85.5. The maximum atomic E-state index is 8.52. The molecule has 22 nitrogen and oxygen atoms in total. The summed E-state index contributed by atoms with van der Waals surface area (Å²) in [4.78, 5) is 0. The number of rotatable bonds is 0. The van der Waals surface area contributed by atoms with Gasteiger partial charge in [0.1, 0.15) is 0 Å². The summed E-state index contributed by atoms with van der Waals surface area (Å²) >= 11 is 0. The Hall–Kier alpha value is -2.40. The minimum Gasteiger partial charge on any atom is -0.759 e. The van der Waals surface area contributed by atoms with Crippen LogP contribution in [-0.4, -0.2) is 17.5 Å². The van der Waals surface area contributed by atoms with Crippen LogP contribution in [0, 0.1) is 213 Å². The molecule has 0 atom stereocenters. The van der Waals surface area contributed by atoms with Crippen LogP contribution in [0.4, 0.5) is 0 Å². The van der Waals surface area contributed by atoms with E-state index in [9.17, 15) is 0 Å². The monoisotopic (exact) mass is 1030 g/mol. The van der Waals surface area contributed by atoms with E-state index in [0.717, 1.165) is 0 Å². The second kappa shape index (κ2) is 7480. The molecule has 250 valence electrons. The standard InChI is InChI=1S/18CN.7Fe.2K.H2O4S/c18*1-2;;;;;;;;;;1-5(2,3)4/h;;;;;;;;;;;;;;;;;;;;;;;;;;;(H2,1,2,3,4)/q18*-1;3*+2;4*+3;2*+1;/p-2. The molecule has 0 aliphatic rings. The topological polar surface area (TPSA) is 508 Å². The molecule has 0 spiro atoms. The molecule has 0 aromatic rings. The summed E-state index contributed by atoms with van der Waals surface area (Å²) in [6, 6.07) is 0. The van der Waals surface area contributed by atoms with E-state index >= 15 is 0 Å². The molecule has 0 heterocycles. The van der Waals surface area contributed by atoms with Gasteiger partial charge in [-0.15, -0.1) is 0 Å². The molecule has 0 rings (SSSR count). The maximum Gasteiger partial charge on any atom is 3.00 e. The van der Waals surface area contributed by atoms with Crippen molar-refractivity contribution in [3.63, 3.8) is 0 Å². The van der Waals surface area contributed by atoms with E-state index in [2.05, 4.69) is 0 Å². The van der Waals surface area contributed by atoms with E-state index in [0.29, 0.717) is 0 Å². The molecule has 32 heteroatoms. The summed E-state index contributed by atoms with van der Waals surface area (Å²) in [5.74, 6) is 0. The number of hydrogen-bond acceptors (Lipinski definition) is 22. The Kier molecular flexibility index (Phi) is 40300. The molecule has 0 saturated carbocycles. The average molecular weight is 1030 g/mol. The Morgan fingerprint density at radius 2 is 0.240 bits per heavy atom. The first-order valence-corrected chi connectivity index (χ1v) is 6.02. The third-order valence-electron chi connectivity index (χ3n) is 0. The molecule has 0 amide bonds. The molecule has 0 aliphatic carbocycles. The van der Waals surface area contributed by atoms with Gasteiger partial charge in [0, 0.05) is 10.4 Å². The van der Waals surface area contributed by atoms with Crippen molar-refractivity contribution >= 4 is 10.4 Å². The second-order valence-corrected chi connectivity index (χ2v) is 1.22. The van der Waals surface area contributed by atoms with E-state index in [4.69, 9.17) is 231 Å². The SMILES string of the molecule is O=S(=O)([O-])[O-].[C-]#N.[C-]#N.[C-]#N.[C-]#N.[C-]#N.[C-]#N.[C-]#N.[C-]#N.[C-]#N.[C-]#N.[C-]#N.[C-]#N.[C-]#N.[C-]#N.[C-]#N.[C-]#N.[C-]#N.[C-]#N.[Fe+2].[Fe+2].[Fe+2].[Fe+3].[Fe+3].[Fe+3].[Fe+3].[K+].[K+]. The maximum absolute atomic E-state index is 8.52. The van der Waals surface area contributed by atoms with Crippen molar-refractivity contribution < 1.29 is 240 Å². The molecule has 0 N–H and O–H groups in total. The van der Waals surface area contributed by atoms with Gasteiger partial charge in [0.15, 0.2) is 0 Å². The Morgan fingerprint density at radius 3 is 0.240 bits per heavy atom. The summed E-state index contributed by atoms with van der Waals surface area (Å²) in [7, 11) is -5.17. The van der Waals surface area contributed by atoms with Crippen molar-refractivity contribution in [3.8, 4) is 0 Å². The van der Waals surface area contributed by atoms with Crippen molar-refractivity contribution in [3.05, 3.63) is 118 Å². The summed E-state index contributed by atoms with van der Waals surface area (Å²) in [5, 5.41) is 112. The van der Waals surface area contributed by atoms with Gasteiger partial charge in [-0.05, 0) is 0 Å². The summed E-state index contributed by atoms with van der Waals surface area (Å²) < 4.78 is 34.1. The van der Waals surface area contributed by atoms with Gasteiger partial charge in [0.25, 0.3) is 0 Å². The first kappa shape index (κ1) is 269. The van der Waals surface area contributed by atoms with Crippen molar-refractivity contribution in [2.75, 3.05) is 0 Å². The number of nitrogens with zero attached hydrogens (tertiary/aromatic N) is 18. The first-order valence-electron chi connectivity index (χ1n) is 4.69. The summed E-state index contributed by atoms with van der Waals surface area (Å²) in [6.07, 6.45) is 0. The fraction of sp³-hybridized carbons (Fsp3) is 0.